The van der Waals surface area contributed by atoms with Crippen LogP contribution in [0.1, 0.15) is 5.56 Å². The zero-order chi connectivity index (χ0) is 23.4. The van der Waals surface area contributed by atoms with Crippen molar-refractivity contribution in [3.8, 4) is 18.1 Å². The highest BCUT2D eigenvalue weighted by atomic mass is 35.5. The Bertz CT molecular complexity index is 1240. The maximum Gasteiger partial charge on any atom is 0.270 e. The van der Waals surface area contributed by atoms with E-state index >= 15 is 0 Å². The minimum atomic E-state index is -0.521. The third-order valence-corrected chi connectivity index (χ3v) is 5.52. The first-order valence-electron chi connectivity index (χ1n) is 9.91. The Labute approximate surface area is 201 Å². The lowest BCUT2D eigenvalue weighted by Gasteiger charge is -2.36. The van der Waals surface area contributed by atoms with Crippen LogP contribution in [0.2, 0.25) is 5.02 Å². The number of halogens is 1. The highest BCUT2D eigenvalue weighted by molar-refractivity contribution is 7.81. The second kappa shape index (κ2) is 9.70. The third kappa shape index (κ3) is 4.51. The van der Waals surface area contributed by atoms with Crippen molar-refractivity contribution in [1.82, 2.24) is 0 Å². The number of carbonyl (C=O) groups excluding carboxylic acids is 2. The van der Waals surface area contributed by atoms with Gasteiger partial charge in [-0.15, -0.1) is 6.42 Å². The lowest BCUT2D eigenvalue weighted by atomic mass is 10.0. The van der Waals surface area contributed by atoms with Crippen molar-refractivity contribution in [2.24, 2.45) is 0 Å². The van der Waals surface area contributed by atoms with Crippen LogP contribution in [-0.4, -0.2) is 23.5 Å². The molecular formula is C26H17ClN2O3S. The highest BCUT2D eigenvalue weighted by Gasteiger charge is 2.41. The molecule has 0 N–H and O–H groups in total. The van der Waals surface area contributed by atoms with Gasteiger partial charge in [0.1, 0.15) is 17.9 Å². The predicted molar refractivity (Wildman–Crippen MR) is 134 cm³/mol. The first kappa shape index (κ1) is 22.3. The Morgan fingerprint density at radius 3 is 1.94 bits per heavy atom. The molecule has 0 aliphatic carbocycles. The molecule has 0 atom stereocenters. The van der Waals surface area contributed by atoms with Gasteiger partial charge in [-0.25, -0.2) is 0 Å². The fourth-order valence-electron chi connectivity index (χ4n) is 3.35. The summed E-state index contributed by atoms with van der Waals surface area (Å²) in [6.07, 6.45) is 6.72. The van der Waals surface area contributed by atoms with Crippen LogP contribution in [0.25, 0.3) is 6.08 Å². The van der Waals surface area contributed by atoms with Crippen molar-refractivity contribution in [2.75, 3.05) is 16.4 Å². The summed E-state index contributed by atoms with van der Waals surface area (Å²) in [6, 6.07) is 22.8. The Hall–Kier alpha value is -3.92. The molecule has 33 heavy (non-hydrogen) atoms. The van der Waals surface area contributed by atoms with Crippen molar-refractivity contribution >= 4 is 58.2 Å². The monoisotopic (exact) mass is 472 g/mol. The first-order chi connectivity index (χ1) is 16.0. The van der Waals surface area contributed by atoms with Gasteiger partial charge in [0, 0.05) is 0 Å². The lowest BCUT2D eigenvalue weighted by Crippen LogP contribution is -2.56. The number of anilines is 2. The molecule has 5 nitrogen and oxygen atoms in total. The molecule has 0 aromatic heterocycles. The van der Waals surface area contributed by atoms with Gasteiger partial charge in [-0.1, -0.05) is 60.0 Å². The van der Waals surface area contributed by atoms with E-state index in [4.69, 9.17) is 35.0 Å². The number of hydrogen-bond acceptors (Lipinski definition) is 4. The molecule has 7 heteroatoms. The molecule has 3 aromatic rings. The van der Waals surface area contributed by atoms with E-state index in [9.17, 15) is 9.59 Å². The Balaban J connectivity index is 1.80. The van der Waals surface area contributed by atoms with E-state index in [0.717, 1.165) is 0 Å². The molecule has 0 spiro atoms. The van der Waals surface area contributed by atoms with E-state index in [1.807, 2.05) is 12.1 Å². The second-order valence-corrected chi connectivity index (χ2v) is 7.75. The van der Waals surface area contributed by atoms with Crippen molar-refractivity contribution in [1.29, 1.82) is 0 Å². The molecule has 1 aliphatic rings. The number of terminal acetylenes is 1. The standard InChI is InChI=1S/C26H17ClN2O3S/c1-2-15-32-23-14-13-18(17-22(23)27)16-21-24(30)28(19-9-5-3-6-10-19)26(33)29(25(21)31)20-11-7-4-8-12-20/h1,3-14,16-17H,15H2. The van der Waals surface area contributed by atoms with E-state index in [-0.39, 0.29) is 17.3 Å². The Morgan fingerprint density at radius 2 is 1.45 bits per heavy atom. The van der Waals surface area contributed by atoms with E-state index in [0.29, 0.717) is 27.7 Å². The van der Waals surface area contributed by atoms with Gasteiger partial charge >= 0.3 is 0 Å². The maximum absolute atomic E-state index is 13.5. The summed E-state index contributed by atoms with van der Waals surface area (Å²) >= 11 is 11.9. The number of rotatable bonds is 5. The number of carbonyl (C=O) groups is 2. The molecule has 1 heterocycles. The summed E-state index contributed by atoms with van der Waals surface area (Å²) in [7, 11) is 0. The van der Waals surface area contributed by atoms with Crippen LogP contribution in [0.5, 0.6) is 5.75 Å². The largest absolute Gasteiger partial charge is 0.479 e. The highest BCUT2D eigenvalue weighted by Crippen LogP contribution is 2.31. The van der Waals surface area contributed by atoms with E-state index in [1.165, 1.54) is 15.9 Å². The van der Waals surface area contributed by atoms with E-state index in [2.05, 4.69) is 5.92 Å². The fraction of sp³-hybridized carbons (Fsp3) is 0.0385. The molecule has 0 unspecified atom stereocenters. The third-order valence-electron chi connectivity index (χ3n) is 4.86. The molecule has 4 rings (SSSR count). The van der Waals surface area contributed by atoms with Gasteiger partial charge in [0.05, 0.1) is 16.4 Å². The van der Waals surface area contributed by atoms with Crippen LogP contribution in [0.4, 0.5) is 11.4 Å². The summed E-state index contributed by atoms with van der Waals surface area (Å²) in [6.45, 7) is 0.0760. The fourth-order valence-corrected chi connectivity index (χ4v) is 3.97. The lowest BCUT2D eigenvalue weighted by molar-refractivity contribution is -0.120. The number of amides is 2. The molecule has 2 amide bonds. The van der Waals surface area contributed by atoms with Crippen molar-refractivity contribution < 1.29 is 14.3 Å². The Kier molecular flexibility index (Phi) is 6.55. The number of benzene rings is 3. The van der Waals surface area contributed by atoms with Crippen molar-refractivity contribution in [2.45, 2.75) is 0 Å². The topological polar surface area (TPSA) is 49.9 Å². The number of hydrogen-bond donors (Lipinski definition) is 0. The zero-order valence-corrected chi connectivity index (χ0v) is 18.8. The van der Waals surface area contributed by atoms with Gasteiger partial charge in [-0.05, 0) is 60.3 Å². The van der Waals surface area contributed by atoms with Gasteiger partial charge in [-0.3, -0.25) is 19.4 Å². The molecule has 162 valence electrons. The smallest absolute Gasteiger partial charge is 0.270 e. The number of para-hydroxylation sites is 2. The van der Waals surface area contributed by atoms with E-state index < -0.39 is 11.8 Å². The maximum atomic E-state index is 13.5. The molecule has 3 aromatic carbocycles. The van der Waals surface area contributed by atoms with Crippen molar-refractivity contribution in [3.63, 3.8) is 0 Å². The summed E-state index contributed by atoms with van der Waals surface area (Å²) < 4.78 is 5.38. The minimum absolute atomic E-state index is 0.0512. The van der Waals surface area contributed by atoms with Gasteiger partial charge in [0.25, 0.3) is 11.8 Å². The summed E-state index contributed by atoms with van der Waals surface area (Å²) in [5.41, 5.74) is 1.62. The predicted octanol–water partition coefficient (Wildman–Crippen LogP) is 5.10. The van der Waals surface area contributed by atoms with Crippen LogP contribution in [0.3, 0.4) is 0 Å². The summed E-state index contributed by atoms with van der Waals surface area (Å²) in [5.74, 6) is 1.75. The molecule has 0 bridgehead atoms. The molecular weight excluding hydrogens is 456 g/mol. The SMILES string of the molecule is C#CCOc1ccc(C=C2C(=O)N(c3ccccc3)C(=S)N(c3ccccc3)C2=O)cc1Cl. The average molecular weight is 473 g/mol. The van der Waals surface area contributed by atoms with Gasteiger partial charge < -0.3 is 4.74 Å². The second-order valence-electron chi connectivity index (χ2n) is 6.98. The quantitative estimate of drug-likeness (QED) is 0.224. The average Bonchev–Trinajstić information content (AvgIpc) is 2.83. The van der Waals surface area contributed by atoms with Gasteiger partial charge in [0.15, 0.2) is 5.11 Å². The van der Waals surface area contributed by atoms with Crippen molar-refractivity contribution in [3.05, 3.63) is 95.0 Å². The molecule has 1 aliphatic heterocycles. The molecule has 0 saturated carbocycles. The minimum Gasteiger partial charge on any atom is -0.479 e. The van der Waals surface area contributed by atoms with Gasteiger partial charge in [0.2, 0.25) is 0 Å². The summed E-state index contributed by atoms with van der Waals surface area (Å²) in [5, 5.41) is 0.390. The normalized spacial score (nSPS) is 13.7. The van der Waals surface area contributed by atoms with Crippen LogP contribution < -0.4 is 14.5 Å². The van der Waals surface area contributed by atoms with Crippen LogP contribution in [-0.2, 0) is 9.59 Å². The number of nitrogens with zero attached hydrogens (tertiary/aromatic N) is 2. The van der Waals surface area contributed by atoms with Crippen LogP contribution in [0, 0.1) is 12.3 Å². The van der Waals surface area contributed by atoms with E-state index in [1.54, 1.807) is 66.7 Å². The number of thiocarbonyl (C=S) groups is 1. The number of ether oxygens (including phenoxy) is 1. The summed E-state index contributed by atoms with van der Waals surface area (Å²) in [4.78, 5) is 29.6. The molecule has 0 radical (unpaired) electrons. The Morgan fingerprint density at radius 1 is 0.909 bits per heavy atom. The van der Waals surface area contributed by atoms with Crippen LogP contribution >= 0.6 is 23.8 Å². The molecule has 1 fully saturated rings. The zero-order valence-electron chi connectivity index (χ0n) is 17.3. The van der Waals surface area contributed by atoms with Gasteiger partial charge in [-0.2, -0.15) is 0 Å². The molecule has 1 saturated heterocycles. The first-order valence-corrected chi connectivity index (χ1v) is 10.7. The van der Waals surface area contributed by atoms with Crippen LogP contribution in [0.15, 0.2) is 84.4 Å².